The number of aromatic nitrogens is 5. The largest absolute Gasteiger partial charge is 0.477 e. The second kappa shape index (κ2) is 6.97. The molecule has 29 heavy (non-hydrogen) atoms. The first kappa shape index (κ1) is 17.3. The summed E-state index contributed by atoms with van der Waals surface area (Å²) in [5, 5.41) is 9.55. The van der Waals surface area contributed by atoms with E-state index in [0.29, 0.717) is 29.3 Å². The van der Waals surface area contributed by atoms with Gasteiger partial charge in [0.15, 0.2) is 23.1 Å². The van der Waals surface area contributed by atoms with Crippen LogP contribution in [-0.2, 0) is 6.42 Å². The minimum Gasteiger partial charge on any atom is -0.477 e. The highest BCUT2D eigenvalue weighted by molar-refractivity contribution is 5.93. The number of halogens is 2. The van der Waals surface area contributed by atoms with E-state index in [2.05, 4.69) is 20.2 Å². The Balaban J connectivity index is 1.48. The zero-order chi connectivity index (χ0) is 19.8. The van der Waals surface area contributed by atoms with Crippen LogP contribution in [0.1, 0.15) is 5.56 Å². The van der Waals surface area contributed by atoms with Gasteiger partial charge in [-0.3, -0.25) is 4.98 Å². The van der Waals surface area contributed by atoms with E-state index in [4.69, 9.17) is 4.74 Å². The predicted molar refractivity (Wildman–Crippen MR) is 104 cm³/mol. The molecule has 0 saturated carbocycles. The van der Waals surface area contributed by atoms with Crippen LogP contribution in [0.4, 0.5) is 8.78 Å². The molecule has 3 heterocycles. The zero-order valence-corrected chi connectivity index (χ0v) is 15.1. The molecule has 5 aromatic rings. The van der Waals surface area contributed by atoms with Gasteiger partial charge in [0.25, 0.3) is 0 Å². The van der Waals surface area contributed by atoms with E-state index in [1.165, 1.54) is 12.1 Å². The van der Waals surface area contributed by atoms with Gasteiger partial charge in [-0.05, 0) is 29.8 Å². The lowest BCUT2D eigenvalue weighted by molar-refractivity contribution is 0.304. The van der Waals surface area contributed by atoms with Gasteiger partial charge in [-0.25, -0.2) is 13.2 Å². The van der Waals surface area contributed by atoms with Gasteiger partial charge in [0, 0.05) is 29.1 Å². The number of nitrogens with one attached hydrogen (secondary N) is 1. The molecular formula is C21H15F2N5O. The number of hydrogen-bond donors (Lipinski definition) is 1. The van der Waals surface area contributed by atoms with Gasteiger partial charge < -0.3 is 9.72 Å². The van der Waals surface area contributed by atoms with Gasteiger partial charge in [-0.15, -0.1) is 10.2 Å². The highest BCUT2D eigenvalue weighted by Crippen LogP contribution is 2.29. The number of ether oxygens (including phenoxy) is 1. The summed E-state index contributed by atoms with van der Waals surface area (Å²) in [7, 11) is 0. The van der Waals surface area contributed by atoms with Crippen molar-refractivity contribution in [2.75, 3.05) is 6.61 Å². The highest BCUT2D eigenvalue weighted by atomic mass is 19.2. The van der Waals surface area contributed by atoms with E-state index in [1.807, 2.05) is 30.5 Å². The smallest absolute Gasteiger partial charge is 0.220 e. The molecule has 1 N–H and O–H groups in total. The van der Waals surface area contributed by atoms with Crippen LogP contribution < -0.4 is 4.74 Å². The molecule has 0 radical (unpaired) electrons. The molecule has 6 nitrogen and oxygen atoms in total. The monoisotopic (exact) mass is 391 g/mol. The normalized spacial score (nSPS) is 11.4. The molecule has 0 amide bonds. The second-order valence-corrected chi connectivity index (χ2v) is 6.55. The Morgan fingerprint density at radius 3 is 2.83 bits per heavy atom. The van der Waals surface area contributed by atoms with Crippen molar-refractivity contribution in [2.24, 2.45) is 0 Å². The third-order valence-corrected chi connectivity index (χ3v) is 4.74. The van der Waals surface area contributed by atoms with Crippen molar-refractivity contribution >= 4 is 16.6 Å². The lowest BCUT2D eigenvalue weighted by Crippen LogP contribution is -2.06. The molecular weight excluding hydrogens is 376 g/mol. The molecule has 0 fully saturated rings. The fourth-order valence-electron chi connectivity index (χ4n) is 3.35. The van der Waals surface area contributed by atoms with Crippen LogP contribution >= 0.6 is 0 Å². The van der Waals surface area contributed by atoms with Crippen molar-refractivity contribution in [1.29, 1.82) is 0 Å². The maximum absolute atomic E-state index is 13.4. The molecule has 8 heteroatoms. The van der Waals surface area contributed by atoms with Crippen molar-refractivity contribution in [3.63, 3.8) is 0 Å². The Kier molecular flexibility index (Phi) is 4.16. The van der Waals surface area contributed by atoms with Gasteiger partial charge in [-0.2, -0.15) is 0 Å². The predicted octanol–water partition coefficient (Wildman–Crippen LogP) is 4.17. The van der Waals surface area contributed by atoms with E-state index in [1.54, 1.807) is 16.8 Å². The summed E-state index contributed by atoms with van der Waals surface area (Å²) in [6.45, 7) is 0.262. The summed E-state index contributed by atoms with van der Waals surface area (Å²) >= 11 is 0. The first-order chi connectivity index (χ1) is 14.2. The van der Waals surface area contributed by atoms with Gasteiger partial charge in [0.05, 0.1) is 19.0 Å². The number of rotatable bonds is 5. The molecule has 0 atom stereocenters. The maximum atomic E-state index is 13.4. The van der Waals surface area contributed by atoms with E-state index in [9.17, 15) is 8.78 Å². The Bertz CT molecular complexity index is 1330. The molecule has 0 aliphatic rings. The third-order valence-electron chi connectivity index (χ3n) is 4.74. The zero-order valence-electron chi connectivity index (χ0n) is 15.1. The lowest BCUT2D eigenvalue weighted by Gasteiger charge is -2.10. The van der Waals surface area contributed by atoms with E-state index >= 15 is 0 Å². The van der Waals surface area contributed by atoms with Crippen LogP contribution in [0.15, 0.2) is 61.1 Å². The number of hydrogen-bond acceptors (Lipinski definition) is 4. The number of aromatic amines is 1. The first-order valence-corrected chi connectivity index (χ1v) is 9.03. The molecule has 5 rings (SSSR count). The number of H-pyrrole nitrogens is 1. The number of nitrogens with zero attached hydrogens (tertiary/aromatic N) is 4. The molecule has 0 bridgehead atoms. The Hall–Kier alpha value is -3.81. The van der Waals surface area contributed by atoms with E-state index in [-0.39, 0.29) is 6.61 Å². The quantitative estimate of drug-likeness (QED) is 0.488. The van der Waals surface area contributed by atoms with Crippen LogP contribution in [0.25, 0.3) is 27.9 Å². The molecule has 0 saturated heterocycles. The van der Waals surface area contributed by atoms with E-state index < -0.39 is 11.6 Å². The van der Waals surface area contributed by atoms with Crippen LogP contribution in [-0.4, -0.2) is 31.2 Å². The fourth-order valence-corrected chi connectivity index (χ4v) is 3.35. The maximum Gasteiger partial charge on any atom is 0.220 e. The number of fused-ring (bicyclic) bond motifs is 2. The van der Waals surface area contributed by atoms with Crippen molar-refractivity contribution in [2.45, 2.75) is 6.42 Å². The molecule has 144 valence electrons. The second-order valence-electron chi connectivity index (χ2n) is 6.55. The van der Waals surface area contributed by atoms with Crippen LogP contribution in [0.5, 0.6) is 5.88 Å². The Morgan fingerprint density at radius 1 is 1.00 bits per heavy atom. The Morgan fingerprint density at radius 2 is 1.93 bits per heavy atom. The van der Waals surface area contributed by atoms with Crippen LogP contribution in [0.2, 0.25) is 0 Å². The highest BCUT2D eigenvalue weighted by Gasteiger charge is 2.15. The molecule has 0 unspecified atom stereocenters. The van der Waals surface area contributed by atoms with Crippen molar-refractivity contribution in [1.82, 2.24) is 24.6 Å². The summed E-state index contributed by atoms with van der Waals surface area (Å²) in [4.78, 5) is 7.35. The topological polar surface area (TPSA) is 68.1 Å². The van der Waals surface area contributed by atoms with Crippen molar-refractivity contribution < 1.29 is 13.5 Å². The summed E-state index contributed by atoms with van der Waals surface area (Å²) in [6, 6.07) is 11.7. The van der Waals surface area contributed by atoms with Crippen LogP contribution in [0, 0.1) is 11.6 Å². The van der Waals surface area contributed by atoms with Gasteiger partial charge in [0.1, 0.15) is 0 Å². The minimum atomic E-state index is -0.869. The van der Waals surface area contributed by atoms with Gasteiger partial charge in [-0.1, -0.05) is 18.2 Å². The molecule has 0 aliphatic carbocycles. The van der Waals surface area contributed by atoms with Crippen LogP contribution in [0.3, 0.4) is 0 Å². The van der Waals surface area contributed by atoms with E-state index in [0.717, 1.165) is 22.5 Å². The first-order valence-electron chi connectivity index (χ1n) is 9.03. The minimum absolute atomic E-state index is 0.262. The molecule has 0 aliphatic heterocycles. The molecule has 2 aromatic carbocycles. The summed E-state index contributed by atoms with van der Waals surface area (Å²) < 4.78 is 34.2. The standard InChI is InChI=1S/C21H15F2N5O/c22-16-5-4-13(10-17(16)23)7-9-29-20-12-24-11-19-26-27-21(28(19)20)15-2-1-3-18-14(15)6-8-25-18/h1-6,8,10-12,25H,7,9H2. The molecule has 0 spiro atoms. The summed E-state index contributed by atoms with van der Waals surface area (Å²) in [5.41, 5.74) is 3.10. The summed E-state index contributed by atoms with van der Waals surface area (Å²) in [6.07, 6.45) is 5.48. The van der Waals surface area contributed by atoms with Crippen molar-refractivity contribution in [3.8, 4) is 17.3 Å². The SMILES string of the molecule is Fc1ccc(CCOc2cncc3nnc(-c4cccc5[nH]ccc45)n23)cc1F. The fraction of sp³-hybridized carbons (Fsp3) is 0.0952. The van der Waals surface area contributed by atoms with Gasteiger partial charge in [0.2, 0.25) is 5.88 Å². The average Bonchev–Trinajstić information content (AvgIpc) is 3.38. The Labute approximate surface area is 163 Å². The average molecular weight is 391 g/mol. The third kappa shape index (κ3) is 3.08. The van der Waals surface area contributed by atoms with Gasteiger partial charge >= 0.3 is 0 Å². The van der Waals surface area contributed by atoms with Crippen molar-refractivity contribution in [3.05, 3.63) is 78.3 Å². The number of benzene rings is 2. The summed E-state index contributed by atoms with van der Waals surface area (Å²) in [5.74, 6) is -0.628. The lowest BCUT2D eigenvalue weighted by atomic mass is 10.1. The molecule has 3 aromatic heterocycles.